The number of likely N-dealkylation sites (tertiary alicyclic amines) is 1. The van der Waals surface area contributed by atoms with E-state index in [-0.39, 0.29) is 5.97 Å². The number of aromatic amines is 1. The number of nitrogens with zero attached hydrogens (tertiary/aromatic N) is 1. The lowest BCUT2D eigenvalue weighted by atomic mass is 9.89. The van der Waals surface area contributed by atoms with Gasteiger partial charge in [-0.1, -0.05) is 18.2 Å². The molecule has 0 saturated carbocycles. The van der Waals surface area contributed by atoms with Crippen molar-refractivity contribution in [3.8, 4) is 0 Å². The molecule has 5 nitrogen and oxygen atoms in total. The Morgan fingerprint density at radius 2 is 2.08 bits per heavy atom. The summed E-state index contributed by atoms with van der Waals surface area (Å²) in [6, 6.07) is 10.2. The lowest BCUT2D eigenvalue weighted by Gasteiger charge is -2.31. The lowest BCUT2D eigenvalue weighted by Crippen LogP contribution is -2.32. The molecule has 3 aromatic rings. The topological polar surface area (TPSA) is 58.5 Å². The first-order valence-electron chi connectivity index (χ1n) is 8.69. The summed E-state index contributed by atoms with van der Waals surface area (Å²) in [5.41, 5.74) is 3.16. The van der Waals surface area contributed by atoms with Crippen molar-refractivity contribution in [3.63, 3.8) is 0 Å². The number of benzene rings is 1. The molecule has 25 heavy (non-hydrogen) atoms. The van der Waals surface area contributed by atoms with Gasteiger partial charge in [-0.2, -0.15) is 0 Å². The molecule has 4 rings (SSSR count). The maximum atomic E-state index is 11.8. The molecule has 1 aromatic carbocycles. The molecule has 130 valence electrons. The number of carbonyl (C=O) groups is 1. The lowest BCUT2D eigenvalue weighted by molar-refractivity contribution is 0.0595. The van der Waals surface area contributed by atoms with E-state index in [1.54, 1.807) is 12.3 Å². The quantitative estimate of drug-likeness (QED) is 0.732. The monoisotopic (exact) mass is 338 g/mol. The van der Waals surface area contributed by atoms with Crippen molar-refractivity contribution in [2.75, 3.05) is 20.2 Å². The van der Waals surface area contributed by atoms with Gasteiger partial charge in [0.15, 0.2) is 0 Å². The molecule has 1 aliphatic heterocycles. The van der Waals surface area contributed by atoms with Crippen LogP contribution in [0.4, 0.5) is 0 Å². The highest BCUT2D eigenvalue weighted by Gasteiger charge is 2.25. The molecule has 0 amide bonds. The minimum atomic E-state index is -0.336. The summed E-state index contributed by atoms with van der Waals surface area (Å²) in [4.78, 5) is 17.5. The first-order chi connectivity index (χ1) is 12.3. The fourth-order valence-electron chi connectivity index (χ4n) is 3.79. The van der Waals surface area contributed by atoms with Gasteiger partial charge in [-0.05, 0) is 49.5 Å². The number of piperidine rings is 1. The van der Waals surface area contributed by atoms with E-state index in [4.69, 9.17) is 9.15 Å². The van der Waals surface area contributed by atoms with Crippen LogP contribution in [0, 0.1) is 0 Å². The largest absolute Gasteiger partial charge is 0.467 e. The van der Waals surface area contributed by atoms with Crippen LogP contribution < -0.4 is 0 Å². The minimum Gasteiger partial charge on any atom is -0.467 e. The molecule has 1 N–H and O–H groups in total. The van der Waals surface area contributed by atoms with Crippen molar-refractivity contribution < 1.29 is 13.9 Å². The second kappa shape index (κ2) is 6.76. The van der Waals surface area contributed by atoms with Gasteiger partial charge in [0, 0.05) is 17.1 Å². The van der Waals surface area contributed by atoms with Gasteiger partial charge in [-0.15, -0.1) is 0 Å². The number of H-pyrrole nitrogens is 1. The van der Waals surface area contributed by atoms with Crippen LogP contribution in [0.1, 0.15) is 40.4 Å². The molecule has 0 atom stereocenters. The van der Waals surface area contributed by atoms with Crippen LogP contribution in [-0.2, 0) is 11.3 Å². The van der Waals surface area contributed by atoms with E-state index in [0.29, 0.717) is 23.8 Å². The Bertz CT molecular complexity index is 872. The van der Waals surface area contributed by atoms with Crippen molar-refractivity contribution in [2.24, 2.45) is 0 Å². The molecule has 2 aromatic heterocycles. The van der Waals surface area contributed by atoms with Gasteiger partial charge >= 0.3 is 5.97 Å². The summed E-state index contributed by atoms with van der Waals surface area (Å²) in [6.45, 7) is 2.63. The molecule has 0 unspecified atom stereocenters. The van der Waals surface area contributed by atoms with Crippen LogP contribution in [0.2, 0.25) is 0 Å². The third kappa shape index (κ3) is 3.07. The van der Waals surface area contributed by atoms with Crippen LogP contribution >= 0.6 is 0 Å². The minimum absolute atomic E-state index is 0.336. The number of methoxy groups -OCH3 is 1. The Morgan fingerprint density at radius 1 is 1.28 bits per heavy atom. The van der Waals surface area contributed by atoms with Crippen molar-refractivity contribution in [1.29, 1.82) is 0 Å². The number of ether oxygens (including phenoxy) is 1. The second-order valence-electron chi connectivity index (χ2n) is 6.59. The molecule has 5 heteroatoms. The molecule has 0 radical (unpaired) electrons. The van der Waals surface area contributed by atoms with Gasteiger partial charge < -0.3 is 14.1 Å². The Hall–Kier alpha value is -2.53. The normalized spacial score (nSPS) is 16.4. The van der Waals surface area contributed by atoms with Crippen molar-refractivity contribution >= 4 is 16.9 Å². The van der Waals surface area contributed by atoms with E-state index < -0.39 is 0 Å². The van der Waals surface area contributed by atoms with Gasteiger partial charge in [0.05, 0.1) is 19.9 Å². The molecule has 1 fully saturated rings. The van der Waals surface area contributed by atoms with Crippen LogP contribution in [0.3, 0.4) is 0 Å². The predicted molar refractivity (Wildman–Crippen MR) is 95.6 cm³/mol. The fourth-order valence-corrected chi connectivity index (χ4v) is 3.79. The number of nitrogens with one attached hydrogen (secondary N) is 1. The van der Waals surface area contributed by atoms with Crippen LogP contribution in [0.15, 0.2) is 47.2 Å². The fraction of sp³-hybridized carbons (Fsp3) is 0.350. The Morgan fingerprint density at radius 3 is 2.88 bits per heavy atom. The molecule has 0 bridgehead atoms. The number of fused-ring (bicyclic) bond motifs is 1. The summed E-state index contributed by atoms with van der Waals surface area (Å²) < 4.78 is 10.3. The molecule has 0 aliphatic carbocycles. The number of hydrogen-bond donors (Lipinski definition) is 1. The average Bonchev–Trinajstić information content (AvgIpc) is 3.29. The number of para-hydroxylation sites is 1. The Balaban J connectivity index is 1.42. The Labute approximate surface area is 146 Å². The second-order valence-corrected chi connectivity index (χ2v) is 6.59. The maximum absolute atomic E-state index is 11.8. The number of aromatic nitrogens is 1. The van der Waals surface area contributed by atoms with Crippen molar-refractivity contribution in [3.05, 3.63) is 59.7 Å². The number of furan rings is 1. The highest BCUT2D eigenvalue weighted by molar-refractivity contribution is 5.90. The molecule has 0 spiro atoms. The van der Waals surface area contributed by atoms with Crippen LogP contribution in [0.25, 0.3) is 10.9 Å². The highest BCUT2D eigenvalue weighted by atomic mass is 16.5. The smallest absolute Gasteiger partial charge is 0.341 e. The zero-order valence-electron chi connectivity index (χ0n) is 14.3. The number of rotatable bonds is 4. The molecule has 3 heterocycles. The number of carbonyl (C=O) groups excluding carboxylic acids is 1. The van der Waals surface area contributed by atoms with Crippen LogP contribution in [0.5, 0.6) is 0 Å². The van der Waals surface area contributed by atoms with E-state index in [9.17, 15) is 4.79 Å². The van der Waals surface area contributed by atoms with Crippen molar-refractivity contribution in [2.45, 2.75) is 25.3 Å². The van der Waals surface area contributed by atoms with E-state index >= 15 is 0 Å². The van der Waals surface area contributed by atoms with Crippen LogP contribution in [-0.4, -0.2) is 36.1 Å². The molecule has 1 aliphatic rings. The SMILES string of the molecule is COC(=O)c1ccoc1CN1CCC(c2c[nH]c3ccccc23)CC1. The average molecular weight is 338 g/mol. The van der Waals surface area contributed by atoms with Crippen molar-refractivity contribution in [1.82, 2.24) is 9.88 Å². The van der Waals surface area contributed by atoms with E-state index in [2.05, 4.69) is 40.3 Å². The first kappa shape index (κ1) is 16.0. The van der Waals surface area contributed by atoms with E-state index in [0.717, 1.165) is 25.9 Å². The molecular formula is C20H22N2O3. The van der Waals surface area contributed by atoms with E-state index in [1.807, 2.05) is 0 Å². The number of hydrogen-bond acceptors (Lipinski definition) is 4. The first-order valence-corrected chi connectivity index (χ1v) is 8.69. The van der Waals surface area contributed by atoms with Gasteiger partial charge in [0.1, 0.15) is 11.3 Å². The zero-order chi connectivity index (χ0) is 17.2. The van der Waals surface area contributed by atoms with E-state index in [1.165, 1.54) is 23.6 Å². The van der Waals surface area contributed by atoms with Gasteiger partial charge in [0.25, 0.3) is 0 Å². The zero-order valence-corrected chi connectivity index (χ0v) is 14.3. The summed E-state index contributed by atoms with van der Waals surface area (Å²) in [6.07, 6.45) is 5.93. The third-order valence-corrected chi connectivity index (χ3v) is 5.17. The van der Waals surface area contributed by atoms with Gasteiger partial charge in [0.2, 0.25) is 0 Å². The maximum Gasteiger partial charge on any atom is 0.341 e. The number of esters is 1. The third-order valence-electron chi connectivity index (χ3n) is 5.17. The standard InChI is InChI=1S/C20H22N2O3/c1-24-20(23)16-8-11-25-19(16)13-22-9-6-14(7-10-22)17-12-21-18-5-3-2-4-15(17)18/h2-5,8,11-12,14,21H,6-7,9-10,13H2,1H3. The highest BCUT2D eigenvalue weighted by Crippen LogP contribution is 2.33. The molecule has 1 saturated heterocycles. The summed E-state index contributed by atoms with van der Waals surface area (Å²) in [5, 5.41) is 1.33. The van der Waals surface area contributed by atoms with Gasteiger partial charge in [-0.25, -0.2) is 4.79 Å². The summed E-state index contributed by atoms with van der Waals surface area (Å²) in [7, 11) is 1.39. The summed E-state index contributed by atoms with van der Waals surface area (Å²) >= 11 is 0. The summed E-state index contributed by atoms with van der Waals surface area (Å²) in [5.74, 6) is 0.930. The predicted octanol–water partition coefficient (Wildman–Crippen LogP) is 3.93. The van der Waals surface area contributed by atoms with Gasteiger partial charge in [-0.3, -0.25) is 4.90 Å². The Kier molecular flexibility index (Phi) is 4.32. The molecular weight excluding hydrogens is 316 g/mol.